The standard InChI is InChI=1S/C24H29N3O5S/c1-17-13-18(2)15-26(14-17)33(30,31)20-9-7-19(8-10-20)25-23(28)16-27-21-5-3-4-6-22(21)32-12-11-24(27)29/h3-10,17-18H,11-16H2,1-2H3,(H,25,28)/t17-,18-/m0/s1. The molecule has 2 aliphatic heterocycles. The van der Waals surface area contributed by atoms with Crippen molar-refractivity contribution in [2.75, 3.05) is 36.5 Å². The summed E-state index contributed by atoms with van der Waals surface area (Å²) in [7, 11) is -3.59. The number of ether oxygens (including phenoxy) is 1. The summed E-state index contributed by atoms with van der Waals surface area (Å²) >= 11 is 0. The Morgan fingerprint density at radius 1 is 1.06 bits per heavy atom. The predicted octanol–water partition coefficient (Wildman–Crippen LogP) is 3.11. The lowest BCUT2D eigenvalue weighted by Crippen LogP contribution is -2.42. The number of fused-ring (bicyclic) bond motifs is 1. The average Bonchev–Trinajstić information content (AvgIpc) is 2.92. The highest BCUT2D eigenvalue weighted by Crippen LogP contribution is 2.31. The van der Waals surface area contributed by atoms with Crippen LogP contribution in [0.2, 0.25) is 0 Å². The third-order valence-corrected chi connectivity index (χ3v) is 7.79. The quantitative estimate of drug-likeness (QED) is 0.723. The summed E-state index contributed by atoms with van der Waals surface area (Å²) in [6.45, 7) is 5.26. The van der Waals surface area contributed by atoms with Gasteiger partial charge >= 0.3 is 0 Å². The number of amides is 2. The van der Waals surface area contributed by atoms with E-state index in [2.05, 4.69) is 19.2 Å². The van der Waals surface area contributed by atoms with Gasteiger partial charge in [0.05, 0.1) is 23.6 Å². The molecule has 0 aliphatic carbocycles. The smallest absolute Gasteiger partial charge is 0.244 e. The summed E-state index contributed by atoms with van der Waals surface area (Å²) < 4.78 is 33.2. The minimum Gasteiger partial charge on any atom is -0.491 e. The van der Waals surface area contributed by atoms with E-state index in [0.717, 1.165) is 6.42 Å². The van der Waals surface area contributed by atoms with Gasteiger partial charge in [0.2, 0.25) is 21.8 Å². The molecule has 0 aromatic heterocycles. The number of carbonyl (C=O) groups is 2. The van der Waals surface area contributed by atoms with Crippen LogP contribution in [0, 0.1) is 11.8 Å². The summed E-state index contributed by atoms with van der Waals surface area (Å²) in [6, 6.07) is 13.3. The van der Waals surface area contributed by atoms with Crippen LogP contribution in [-0.4, -0.2) is 50.8 Å². The van der Waals surface area contributed by atoms with E-state index in [-0.39, 0.29) is 36.3 Å². The van der Waals surface area contributed by atoms with Crippen LogP contribution in [0.5, 0.6) is 5.75 Å². The molecule has 0 spiro atoms. The Morgan fingerprint density at radius 3 is 2.42 bits per heavy atom. The van der Waals surface area contributed by atoms with Gasteiger partial charge in [0.25, 0.3) is 0 Å². The van der Waals surface area contributed by atoms with Crippen molar-refractivity contribution in [3.8, 4) is 5.75 Å². The molecule has 9 heteroatoms. The van der Waals surface area contributed by atoms with Crippen molar-refractivity contribution < 1.29 is 22.7 Å². The number of rotatable bonds is 5. The fourth-order valence-electron chi connectivity index (χ4n) is 4.50. The van der Waals surface area contributed by atoms with E-state index in [9.17, 15) is 18.0 Å². The monoisotopic (exact) mass is 471 g/mol. The number of para-hydroxylation sites is 2. The molecule has 176 valence electrons. The Labute approximate surface area is 194 Å². The molecule has 2 aromatic carbocycles. The number of piperidine rings is 1. The first-order valence-corrected chi connectivity index (χ1v) is 12.6. The molecule has 1 N–H and O–H groups in total. The number of nitrogens with one attached hydrogen (secondary N) is 1. The zero-order valence-electron chi connectivity index (χ0n) is 18.9. The number of hydrogen-bond acceptors (Lipinski definition) is 5. The van der Waals surface area contributed by atoms with E-state index < -0.39 is 10.0 Å². The maximum Gasteiger partial charge on any atom is 0.244 e. The van der Waals surface area contributed by atoms with Gasteiger partial charge in [-0.3, -0.25) is 14.5 Å². The number of nitrogens with zero attached hydrogens (tertiary/aromatic N) is 2. The summed E-state index contributed by atoms with van der Waals surface area (Å²) in [5.74, 6) is 0.626. The Kier molecular flexibility index (Phi) is 6.71. The molecule has 1 fully saturated rings. The Morgan fingerprint density at radius 2 is 1.73 bits per heavy atom. The third kappa shape index (κ3) is 5.20. The van der Waals surface area contributed by atoms with Gasteiger partial charge in [-0.05, 0) is 54.7 Å². The number of hydrogen-bond donors (Lipinski definition) is 1. The number of anilines is 2. The molecular formula is C24H29N3O5S. The van der Waals surface area contributed by atoms with Crippen LogP contribution in [-0.2, 0) is 19.6 Å². The van der Waals surface area contributed by atoms with Gasteiger partial charge in [0.1, 0.15) is 12.3 Å². The minimum absolute atomic E-state index is 0.164. The van der Waals surface area contributed by atoms with Crippen molar-refractivity contribution in [3.05, 3.63) is 48.5 Å². The van der Waals surface area contributed by atoms with Gasteiger partial charge in [-0.2, -0.15) is 4.31 Å². The van der Waals surface area contributed by atoms with Gasteiger partial charge < -0.3 is 10.1 Å². The molecule has 4 rings (SSSR count). The highest BCUT2D eigenvalue weighted by Gasteiger charge is 2.31. The maximum absolute atomic E-state index is 13.0. The molecule has 0 radical (unpaired) electrons. The van der Waals surface area contributed by atoms with E-state index in [0.29, 0.717) is 42.0 Å². The lowest BCUT2D eigenvalue weighted by atomic mass is 9.94. The minimum atomic E-state index is -3.59. The van der Waals surface area contributed by atoms with Crippen LogP contribution < -0.4 is 15.0 Å². The van der Waals surface area contributed by atoms with Gasteiger partial charge in [-0.1, -0.05) is 26.0 Å². The van der Waals surface area contributed by atoms with Crippen LogP contribution in [0.15, 0.2) is 53.4 Å². The topological polar surface area (TPSA) is 96.0 Å². The molecule has 2 aliphatic rings. The fraction of sp³-hybridized carbons (Fsp3) is 0.417. The summed E-state index contributed by atoms with van der Waals surface area (Å²) in [5, 5.41) is 2.75. The van der Waals surface area contributed by atoms with Gasteiger partial charge in [-0.25, -0.2) is 8.42 Å². The van der Waals surface area contributed by atoms with Crippen molar-refractivity contribution in [1.82, 2.24) is 4.31 Å². The molecule has 0 bridgehead atoms. The highest BCUT2D eigenvalue weighted by molar-refractivity contribution is 7.89. The van der Waals surface area contributed by atoms with Gasteiger partial charge in [-0.15, -0.1) is 0 Å². The first-order valence-electron chi connectivity index (χ1n) is 11.2. The number of carbonyl (C=O) groups excluding carboxylic acids is 2. The molecular weight excluding hydrogens is 442 g/mol. The molecule has 2 aromatic rings. The zero-order chi connectivity index (χ0) is 23.6. The van der Waals surface area contributed by atoms with E-state index in [1.807, 2.05) is 6.07 Å². The largest absolute Gasteiger partial charge is 0.491 e. The number of sulfonamides is 1. The van der Waals surface area contributed by atoms with Crippen molar-refractivity contribution in [2.24, 2.45) is 11.8 Å². The van der Waals surface area contributed by atoms with Gasteiger partial charge in [0.15, 0.2) is 0 Å². The molecule has 2 atom stereocenters. The molecule has 0 unspecified atom stereocenters. The highest BCUT2D eigenvalue weighted by atomic mass is 32.2. The van der Waals surface area contributed by atoms with Crippen LogP contribution in [0.25, 0.3) is 0 Å². The average molecular weight is 472 g/mol. The summed E-state index contributed by atoms with van der Waals surface area (Å²) in [5.41, 5.74) is 1.02. The van der Waals surface area contributed by atoms with Crippen molar-refractivity contribution >= 4 is 33.2 Å². The first kappa shape index (κ1) is 23.3. The van der Waals surface area contributed by atoms with E-state index >= 15 is 0 Å². The molecule has 8 nitrogen and oxygen atoms in total. The molecule has 2 amide bonds. The second-order valence-corrected chi connectivity index (χ2v) is 10.8. The van der Waals surface area contributed by atoms with E-state index in [4.69, 9.17) is 4.74 Å². The molecule has 33 heavy (non-hydrogen) atoms. The van der Waals surface area contributed by atoms with Crippen LogP contribution in [0.4, 0.5) is 11.4 Å². The second kappa shape index (κ2) is 9.52. The van der Waals surface area contributed by atoms with Gasteiger partial charge in [0, 0.05) is 18.8 Å². The van der Waals surface area contributed by atoms with E-state index in [1.165, 1.54) is 17.0 Å². The molecule has 1 saturated heterocycles. The summed E-state index contributed by atoms with van der Waals surface area (Å²) in [4.78, 5) is 26.8. The Balaban J connectivity index is 1.44. The lowest BCUT2D eigenvalue weighted by molar-refractivity contribution is -0.121. The summed E-state index contributed by atoms with van der Waals surface area (Å²) in [6.07, 6.45) is 1.20. The second-order valence-electron chi connectivity index (χ2n) is 8.89. The van der Waals surface area contributed by atoms with Crippen molar-refractivity contribution in [2.45, 2.75) is 31.6 Å². The maximum atomic E-state index is 13.0. The Hall–Kier alpha value is -2.91. The van der Waals surface area contributed by atoms with Crippen molar-refractivity contribution in [1.29, 1.82) is 0 Å². The number of benzene rings is 2. The predicted molar refractivity (Wildman–Crippen MR) is 126 cm³/mol. The van der Waals surface area contributed by atoms with Crippen LogP contribution >= 0.6 is 0 Å². The Bertz CT molecular complexity index is 1120. The van der Waals surface area contributed by atoms with Crippen molar-refractivity contribution in [3.63, 3.8) is 0 Å². The first-order chi connectivity index (χ1) is 15.7. The molecule has 2 heterocycles. The van der Waals surface area contributed by atoms with Crippen LogP contribution in [0.3, 0.4) is 0 Å². The zero-order valence-corrected chi connectivity index (χ0v) is 19.7. The normalized spacial score (nSPS) is 21.6. The fourth-order valence-corrected chi connectivity index (χ4v) is 6.18. The molecule has 0 saturated carbocycles. The third-order valence-electron chi connectivity index (χ3n) is 5.94. The SMILES string of the molecule is C[C@H]1C[C@H](C)CN(S(=O)(=O)c2ccc(NC(=O)CN3C(=O)CCOc4ccccc43)cc2)C1. The lowest BCUT2D eigenvalue weighted by Gasteiger charge is -2.34. The van der Waals surface area contributed by atoms with Crippen LogP contribution in [0.1, 0.15) is 26.7 Å². The van der Waals surface area contributed by atoms with E-state index in [1.54, 1.807) is 34.6 Å².